The Kier molecular flexibility index (Phi) is 8.49. The van der Waals surface area contributed by atoms with Gasteiger partial charge in [-0.25, -0.2) is 9.97 Å². The molecule has 1 fully saturated rings. The Morgan fingerprint density at radius 3 is 2.78 bits per heavy atom. The van der Waals surface area contributed by atoms with E-state index in [9.17, 15) is 0 Å². The van der Waals surface area contributed by atoms with Crippen LogP contribution in [0, 0.1) is 6.92 Å². The van der Waals surface area contributed by atoms with E-state index in [1.165, 1.54) is 19.4 Å². The lowest BCUT2D eigenvalue weighted by atomic mass is 10.2. The number of nitrogens with zero attached hydrogens (tertiary/aromatic N) is 5. The second-order valence-corrected chi connectivity index (χ2v) is 6.60. The molecule has 0 bridgehead atoms. The third-order valence-corrected chi connectivity index (χ3v) is 4.98. The minimum absolute atomic E-state index is 0. The molecule has 27 heavy (non-hydrogen) atoms. The fraction of sp³-hybridized carbons (Fsp3) is 0.526. The smallest absolute Gasteiger partial charge is 0.191 e. The van der Waals surface area contributed by atoms with E-state index >= 15 is 0 Å². The molecule has 1 atom stereocenters. The topological polar surface area (TPSA) is 70.4 Å². The highest BCUT2D eigenvalue weighted by Gasteiger charge is 2.22. The van der Waals surface area contributed by atoms with E-state index in [4.69, 9.17) is 0 Å². The van der Waals surface area contributed by atoms with Gasteiger partial charge in [-0.1, -0.05) is 13.0 Å². The summed E-state index contributed by atoms with van der Waals surface area (Å²) >= 11 is 0. The van der Waals surface area contributed by atoms with Crippen molar-refractivity contribution in [3.8, 4) is 5.82 Å². The number of imidazole rings is 1. The van der Waals surface area contributed by atoms with Crippen LogP contribution in [0.3, 0.4) is 0 Å². The first-order valence-corrected chi connectivity index (χ1v) is 9.35. The average Bonchev–Trinajstić information content (AvgIpc) is 3.31. The van der Waals surface area contributed by atoms with Gasteiger partial charge in [0.1, 0.15) is 11.6 Å². The number of aryl methyl sites for hydroxylation is 1. The van der Waals surface area contributed by atoms with Crippen molar-refractivity contribution < 1.29 is 0 Å². The lowest BCUT2D eigenvalue weighted by Crippen LogP contribution is -2.44. The van der Waals surface area contributed by atoms with Gasteiger partial charge in [0.25, 0.3) is 0 Å². The van der Waals surface area contributed by atoms with Crippen molar-refractivity contribution in [2.24, 2.45) is 4.99 Å². The molecule has 3 heterocycles. The highest BCUT2D eigenvalue weighted by atomic mass is 127. The van der Waals surface area contributed by atoms with Crippen LogP contribution in [0.5, 0.6) is 0 Å². The molecule has 0 spiro atoms. The Labute approximate surface area is 178 Å². The van der Waals surface area contributed by atoms with Crippen LogP contribution in [-0.2, 0) is 6.54 Å². The van der Waals surface area contributed by atoms with Gasteiger partial charge in [-0.15, -0.1) is 24.0 Å². The van der Waals surface area contributed by atoms with Crippen LogP contribution in [0.15, 0.2) is 35.7 Å². The number of likely N-dealkylation sites (N-methyl/N-ethyl adjacent to an activating group) is 1. The summed E-state index contributed by atoms with van der Waals surface area (Å²) in [6.07, 6.45) is 8.15. The summed E-state index contributed by atoms with van der Waals surface area (Å²) < 4.78 is 1.97. The molecule has 2 N–H and O–H groups in total. The molecule has 0 aromatic carbocycles. The molecule has 1 saturated heterocycles. The minimum atomic E-state index is 0. The standard InChI is InChI=1S/C19H29N7.HI/c1-4-25-10-5-6-17(25)14-24-19(20-3)23-13-16-7-8-18(22-12-16)26-11-9-21-15(26)2;/h7-9,11-12,17H,4-6,10,13-14H2,1-3H3,(H2,20,23,24);1H. The molecule has 2 aromatic rings. The second kappa shape index (κ2) is 10.6. The Morgan fingerprint density at radius 2 is 2.15 bits per heavy atom. The van der Waals surface area contributed by atoms with Crippen LogP contribution < -0.4 is 10.6 Å². The third kappa shape index (κ3) is 5.65. The predicted octanol–water partition coefficient (Wildman–Crippen LogP) is 2.34. The number of hydrogen-bond acceptors (Lipinski definition) is 4. The number of nitrogens with one attached hydrogen (secondary N) is 2. The van der Waals surface area contributed by atoms with E-state index in [0.29, 0.717) is 12.6 Å². The van der Waals surface area contributed by atoms with Gasteiger partial charge in [0, 0.05) is 44.8 Å². The monoisotopic (exact) mass is 483 g/mol. The normalized spacial score (nSPS) is 17.6. The number of guanidine groups is 1. The number of aliphatic imine (C=N–C) groups is 1. The van der Waals surface area contributed by atoms with Gasteiger partial charge < -0.3 is 10.6 Å². The van der Waals surface area contributed by atoms with Gasteiger partial charge in [-0.05, 0) is 44.5 Å². The Balaban J connectivity index is 0.00000261. The van der Waals surface area contributed by atoms with Crippen molar-refractivity contribution >= 4 is 29.9 Å². The number of hydrogen-bond donors (Lipinski definition) is 2. The molecule has 148 valence electrons. The average molecular weight is 483 g/mol. The highest BCUT2D eigenvalue weighted by Crippen LogP contribution is 2.15. The fourth-order valence-electron chi connectivity index (χ4n) is 3.45. The first-order chi connectivity index (χ1) is 12.7. The van der Waals surface area contributed by atoms with Gasteiger partial charge in [0.05, 0.1) is 0 Å². The molecule has 3 rings (SSSR count). The maximum absolute atomic E-state index is 4.53. The van der Waals surface area contributed by atoms with Crippen LogP contribution in [0.4, 0.5) is 0 Å². The summed E-state index contributed by atoms with van der Waals surface area (Å²) in [5.74, 6) is 2.65. The SMILES string of the molecule is CCN1CCCC1CNC(=NC)NCc1ccc(-n2ccnc2C)nc1.I. The summed E-state index contributed by atoms with van der Waals surface area (Å²) in [5.41, 5.74) is 1.12. The molecular formula is C19H30IN7. The second-order valence-electron chi connectivity index (χ2n) is 6.60. The van der Waals surface area contributed by atoms with Gasteiger partial charge in [0.2, 0.25) is 0 Å². The van der Waals surface area contributed by atoms with Crippen LogP contribution in [-0.4, -0.2) is 58.1 Å². The van der Waals surface area contributed by atoms with Crippen molar-refractivity contribution in [2.75, 3.05) is 26.7 Å². The highest BCUT2D eigenvalue weighted by molar-refractivity contribution is 14.0. The van der Waals surface area contributed by atoms with Crippen LogP contribution in [0.1, 0.15) is 31.2 Å². The van der Waals surface area contributed by atoms with E-state index in [2.05, 4.69) is 43.5 Å². The Hall–Kier alpha value is -1.68. The van der Waals surface area contributed by atoms with Crippen molar-refractivity contribution in [3.63, 3.8) is 0 Å². The van der Waals surface area contributed by atoms with Crippen molar-refractivity contribution in [1.29, 1.82) is 0 Å². The fourth-order valence-corrected chi connectivity index (χ4v) is 3.45. The molecule has 2 aromatic heterocycles. The van der Waals surface area contributed by atoms with Crippen LogP contribution >= 0.6 is 24.0 Å². The zero-order valence-corrected chi connectivity index (χ0v) is 18.7. The van der Waals surface area contributed by atoms with Gasteiger partial charge >= 0.3 is 0 Å². The largest absolute Gasteiger partial charge is 0.355 e. The maximum Gasteiger partial charge on any atom is 0.191 e. The van der Waals surface area contributed by atoms with E-state index < -0.39 is 0 Å². The first kappa shape index (κ1) is 21.6. The zero-order valence-electron chi connectivity index (χ0n) is 16.4. The van der Waals surface area contributed by atoms with Crippen molar-refractivity contribution in [1.82, 2.24) is 30.1 Å². The van der Waals surface area contributed by atoms with Gasteiger partial charge in [0.15, 0.2) is 5.96 Å². The van der Waals surface area contributed by atoms with Crippen LogP contribution in [0.25, 0.3) is 5.82 Å². The summed E-state index contributed by atoms with van der Waals surface area (Å²) in [5, 5.41) is 6.82. The summed E-state index contributed by atoms with van der Waals surface area (Å²) in [6.45, 7) is 8.16. The zero-order chi connectivity index (χ0) is 18.4. The maximum atomic E-state index is 4.53. The van der Waals surface area contributed by atoms with E-state index in [1.807, 2.05) is 37.0 Å². The lowest BCUT2D eigenvalue weighted by Gasteiger charge is -2.24. The number of rotatable bonds is 6. The third-order valence-electron chi connectivity index (χ3n) is 4.98. The number of halogens is 1. The molecular weight excluding hydrogens is 453 g/mol. The summed E-state index contributed by atoms with van der Waals surface area (Å²) in [7, 11) is 1.81. The number of pyridine rings is 1. The lowest BCUT2D eigenvalue weighted by molar-refractivity contribution is 0.267. The molecule has 1 aliphatic rings. The molecule has 1 aliphatic heterocycles. The molecule has 0 radical (unpaired) electrons. The Morgan fingerprint density at radius 1 is 1.30 bits per heavy atom. The summed E-state index contributed by atoms with van der Waals surface area (Å²) in [4.78, 5) is 15.6. The Bertz CT molecular complexity index is 726. The number of likely N-dealkylation sites (tertiary alicyclic amines) is 1. The first-order valence-electron chi connectivity index (χ1n) is 9.35. The number of aromatic nitrogens is 3. The molecule has 0 saturated carbocycles. The molecule has 8 heteroatoms. The molecule has 0 amide bonds. The van der Waals surface area contributed by atoms with Crippen molar-refractivity contribution in [3.05, 3.63) is 42.1 Å². The molecule has 0 aliphatic carbocycles. The van der Waals surface area contributed by atoms with Gasteiger partial charge in [-0.3, -0.25) is 14.5 Å². The van der Waals surface area contributed by atoms with Gasteiger partial charge in [-0.2, -0.15) is 0 Å². The van der Waals surface area contributed by atoms with E-state index in [-0.39, 0.29) is 24.0 Å². The van der Waals surface area contributed by atoms with Crippen molar-refractivity contribution in [2.45, 2.75) is 39.3 Å². The predicted molar refractivity (Wildman–Crippen MR) is 120 cm³/mol. The minimum Gasteiger partial charge on any atom is -0.355 e. The molecule has 7 nitrogen and oxygen atoms in total. The molecule has 1 unspecified atom stereocenters. The van der Waals surface area contributed by atoms with Crippen LogP contribution in [0.2, 0.25) is 0 Å². The van der Waals surface area contributed by atoms with E-state index in [1.54, 1.807) is 6.20 Å². The summed E-state index contributed by atoms with van der Waals surface area (Å²) in [6, 6.07) is 4.70. The van der Waals surface area contributed by atoms with E-state index in [0.717, 1.165) is 36.3 Å². The quantitative estimate of drug-likeness (QED) is 0.375.